The molecule has 104 valence electrons. The second-order valence-electron chi connectivity index (χ2n) is 4.92. The molecule has 2 N–H and O–H groups in total. The van der Waals surface area contributed by atoms with Crippen LogP contribution in [0.15, 0.2) is 24.3 Å². The van der Waals surface area contributed by atoms with Crippen LogP contribution in [0.3, 0.4) is 0 Å². The quantitative estimate of drug-likeness (QED) is 0.740. The van der Waals surface area contributed by atoms with Crippen molar-refractivity contribution in [1.82, 2.24) is 5.32 Å². The maximum Gasteiger partial charge on any atom is 0.220 e. The molecule has 0 fully saturated rings. The first kappa shape index (κ1) is 13.9. The Bertz CT molecular complexity index is 420. The summed E-state index contributed by atoms with van der Waals surface area (Å²) in [5.74, 6) is 0.441. The van der Waals surface area contributed by atoms with Crippen LogP contribution in [0.1, 0.15) is 30.7 Å². The van der Waals surface area contributed by atoms with Crippen molar-refractivity contribution >= 4 is 11.6 Å². The third kappa shape index (κ3) is 3.96. The van der Waals surface area contributed by atoms with Crippen LogP contribution in [0.25, 0.3) is 0 Å². The van der Waals surface area contributed by atoms with E-state index in [9.17, 15) is 4.79 Å². The molecule has 4 heteroatoms. The van der Waals surface area contributed by atoms with Crippen LogP contribution in [-0.4, -0.2) is 32.7 Å². The predicted molar refractivity (Wildman–Crippen MR) is 76.4 cm³/mol. The molecule has 1 aromatic carbocycles. The first-order valence-corrected chi connectivity index (χ1v) is 6.89. The number of fused-ring (bicyclic) bond motifs is 1. The highest BCUT2D eigenvalue weighted by atomic mass is 16.5. The highest BCUT2D eigenvalue weighted by Gasteiger charge is 2.23. The van der Waals surface area contributed by atoms with Gasteiger partial charge < -0.3 is 15.4 Å². The van der Waals surface area contributed by atoms with Gasteiger partial charge in [-0.05, 0) is 24.5 Å². The SMILES string of the molecule is COCCCCNC(=O)CC1CNc2ccccc21. The van der Waals surface area contributed by atoms with Gasteiger partial charge in [0.05, 0.1) is 0 Å². The van der Waals surface area contributed by atoms with Crippen LogP contribution < -0.4 is 10.6 Å². The average molecular weight is 262 g/mol. The topological polar surface area (TPSA) is 50.4 Å². The number of methoxy groups -OCH3 is 1. The Hall–Kier alpha value is -1.55. The first-order valence-electron chi connectivity index (χ1n) is 6.89. The highest BCUT2D eigenvalue weighted by Crippen LogP contribution is 2.32. The van der Waals surface area contributed by atoms with Crippen LogP contribution in [0, 0.1) is 0 Å². The molecular weight excluding hydrogens is 240 g/mol. The van der Waals surface area contributed by atoms with E-state index >= 15 is 0 Å². The molecule has 0 aromatic heterocycles. The van der Waals surface area contributed by atoms with E-state index in [0.717, 1.165) is 32.5 Å². The molecule has 1 aliphatic rings. The normalized spacial score (nSPS) is 16.8. The van der Waals surface area contributed by atoms with E-state index in [1.165, 1.54) is 11.3 Å². The first-order chi connectivity index (χ1) is 9.31. The Morgan fingerprint density at radius 3 is 3.11 bits per heavy atom. The summed E-state index contributed by atoms with van der Waals surface area (Å²) in [6.45, 7) is 2.36. The second kappa shape index (κ2) is 7.14. The number of ether oxygens (including phenoxy) is 1. The maximum atomic E-state index is 11.9. The Morgan fingerprint density at radius 1 is 1.42 bits per heavy atom. The third-order valence-corrected chi connectivity index (χ3v) is 3.47. The van der Waals surface area contributed by atoms with E-state index in [1.54, 1.807) is 7.11 Å². The fraction of sp³-hybridized carbons (Fsp3) is 0.533. The zero-order valence-corrected chi connectivity index (χ0v) is 11.4. The Morgan fingerprint density at radius 2 is 2.26 bits per heavy atom. The van der Waals surface area contributed by atoms with Crippen LogP contribution in [0.2, 0.25) is 0 Å². The van der Waals surface area contributed by atoms with E-state index < -0.39 is 0 Å². The lowest BCUT2D eigenvalue weighted by Crippen LogP contribution is -2.26. The summed E-state index contributed by atoms with van der Waals surface area (Å²) < 4.78 is 4.97. The zero-order valence-electron chi connectivity index (χ0n) is 11.4. The van der Waals surface area contributed by atoms with E-state index in [0.29, 0.717) is 12.3 Å². The monoisotopic (exact) mass is 262 g/mol. The number of para-hydroxylation sites is 1. The van der Waals surface area contributed by atoms with Crippen molar-refractivity contribution in [1.29, 1.82) is 0 Å². The summed E-state index contributed by atoms with van der Waals surface area (Å²) in [4.78, 5) is 11.9. The number of carbonyl (C=O) groups excluding carboxylic acids is 1. The average Bonchev–Trinajstić information content (AvgIpc) is 2.82. The van der Waals surface area contributed by atoms with Gasteiger partial charge in [0.2, 0.25) is 5.91 Å². The van der Waals surface area contributed by atoms with Crippen molar-refractivity contribution in [3.05, 3.63) is 29.8 Å². The van der Waals surface area contributed by atoms with Gasteiger partial charge in [-0.25, -0.2) is 0 Å². The van der Waals surface area contributed by atoms with Crippen molar-refractivity contribution in [2.45, 2.75) is 25.2 Å². The van der Waals surface area contributed by atoms with Crippen LogP contribution >= 0.6 is 0 Å². The molecule has 19 heavy (non-hydrogen) atoms. The minimum Gasteiger partial charge on any atom is -0.385 e. The number of hydrogen-bond acceptors (Lipinski definition) is 3. The van der Waals surface area contributed by atoms with Gasteiger partial charge in [-0.1, -0.05) is 18.2 Å². The molecule has 0 radical (unpaired) electrons. The summed E-state index contributed by atoms with van der Waals surface area (Å²) in [5.41, 5.74) is 2.43. The lowest BCUT2D eigenvalue weighted by molar-refractivity contribution is -0.121. The summed E-state index contributed by atoms with van der Waals surface area (Å²) in [6.07, 6.45) is 2.53. The van der Waals surface area contributed by atoms with E-state index in [4.69, 9.17) is 4.74 Å². The fourth-order valence-corrected chi connectivity index (χ4v) is 2.43. The number of anilines is 1. The number of hydrogen-bond donors (Lipinski definition) is 2. The van der Waals surface area contributed by atoms with Crippen LogP contribution in [-0.2, 0) is 9.53 Å². The van der Waals surface area contributed by atoms with Crippen molar-refractivity contribution in [2.24, 2.45) is 0 Å². The molecule has 0 aliphatic carbocycles. The fourth-order valence-electron chi connectivity index (χ4n) is 2.43. The van der Waals surface area contributed by atoms with Gasteiger partial charge in [0.15, 0.2) is 0 Å². The molecule has 1 heterocycles. The van der Waals surface area contributed by atoms with Crippen LogP contribution in [0.5, 0.6) is 0 Å². The van der Waals surface area contributed by atoms with Gasteiger partial charge in [-0.3, -0.25) is 4.79 Å². The molecule has 1 atom stereocenters. The number of amides is 1. The Kier molecular flexibility index (Phi) is 5.21. The molecule has 1 unspecified atom stereocenters. The van der Waals surface area contributed by atoms with Gasteiger partial charge in [-0.15, -0.1) is 0 Å². The third-order valence-electron chi connectivity index (χ3n) is 3.47. The summed E-state index contributed by atoms with van der Waals surface area (Å²) in [7, 11) is 1.70. The molecule has 0 spiro atoms. The molecule has 4 nitrogen and oxygen atoms in total. The van der Waals surface area contributed by atoms with Gasteiger partial charge in [-0.2, -0.15) is 0 Å². The van der Waals surface area contributed by atoms with Crippen LogP contribution in [0.4, 0.5) is 5.69 Å². The molecule has 0 saturated heterocycles. The smallest absolute Gasteiger partial charge is 0.220 e. The van der Waals surface area contributed by atoms with Crippen molar-refractivity contribution < 1.29 is 9.53 Å². The van der Waals surface area contributed by atoms with Gasteiger partial charge in [0.1, 0.15) is 0 Å². The maximum absolute atomic E-state index is 11.9. The molecule has 1 aliphatic heterocycles. The summed E-state index contributed by atoms with van der Waals surface area (Å²) >= 11 is 0. The molecule has 2 rings (SSSR count). The van der Waals surface area contributed by atoms with E-state index in [2.05, 4.69) is 22.8 Å². The Labute approximate surface area is 114 Å². The highest BCUT2D eigenvalue weighted by molar-refractivity contribution is 5.78. The standard InChI is InChI=1S/C15H22N2O2/c1-19-9-5-4-8-16-15(18)10-12-11-17-14-7-3-2-6-13(12)14/h2-3,6-7,12,17H,4-5,8-11H2,1H3,(H,16,18). The number of rotatable bonds is 7. The van der Waals surface area contributed by atoms with Crippen molar-refractivity contribution in [3.8, 4) is 0 Å². The largest absolute Gasteiger partial charge is 0.385 e. The zero-order chi connectivity index (χ0) is 13.5. The second-order valence-corrected chi connectivity index (χ2v) is 4.92. The van der Waals surface area contributed by atoms with Gasteiger partial charge in [0, 0.05) is 44.8 Å². The van der Waals surface area contributed by atoms with E-state index in [-0.39, 0.29) is 5.91 Å². The predicted octanol–water partition coefficient (Wildman–Crippen LogP) is 2.13. The minimum absolute atomic E-state index is 0.140. The lowest BCUT2D eigenvalue weighted by Gasteiger charge is -2.10. The van der Waals surface area contributed by atoms with Crippen molar-refractivity contribution in [3.63, 3.8) is 0 Å². The number of benzene rings is 1. The summed E-state index contributed by atoms with van der Waals surface area (Å²) in [6, 6.07) is 8.22. The molecule has 1 amide bonds. The number of nitrogens with one attached hydrogen (secondary N) is 2. The Balaban J connectivity index is 1.72. The number of unbranched alkanes of at least 4 members (excludes halogenated alkanes) is 1. The lowest BCUT2D eigenvalue weighted by atomic mass is 9.97. The van der Waals surface area contributed by atoms with Gasteiger partial charge in [0.25, 0.3) is 0 Å². The molecular formula is C15H22N2O2. The molecule has 1 aromatic rings. The molecule has 0 bridgehead atoms. The number of carbonyl (C=O) groups is 1. The molecule has 0 saturated carbocycles. The van der Waals surface area contributed by atoms with Gasteiger partial charge >= 0.3 is 0 Å². The van der Waals surface area contributed by atoms with Crippen molar-refractivity contribution in [2.75, 3.05) is 32.1 Å². The summed E-state index contributed by atoms with van der Waals surface area (Å²) in [5, 5.41) is 6.32. The minimum atomic E-state index is 0.140. The van der Waals surface area contributed by atoms with E-state index in [1.807, 2.05) is 12.1 Å².